The van der Waals surface area contributed by atoms with Gasteiger partial charge in [-0.05, 0) is 10.9 Å². The van der Waals surface area contributed by atoms with Gasteiger partial charge >= 0.3 is 11.9 Å². The van der Waals surface area contributed by atoms with Crippen molar-refractivity contribution in [2.45, 2.75) is 0 Å². The fourth-order valence-electron chi connectivity index (χ4n) is 0.803. The first-order valence-corrected chi connectivity index (χ1v) is 6.13. The van der Waals surface area contributed by atoms with Gasteiger partial charge in [0.2, 0.25) is 0 Å². The van der Waals surface area contributed by atoms with Gasteiger partial charge in [0.05, 0.1) is 32.3 Å². The molecule has 0 saturated carbocycles. The predicted octanol–water partition coefficient (Wildman–Crippen LogP) is 0.137. The van der Waals surface area contributed by atoms with Crippen LogP contribution in [0, 0.1) is 0 Å². The average Bonchev–Trinajstić information content (AvgIpc) is 2.14. The van der Waals surface area contributed by atoms with Crippen molar-refractivity contribution in [2.75, 3.05) is 32.5 Å². The summed E-state index contributed by atoms with van der Waals surface area (Å²) < 4.78 is 8.98. The topological polar surface area (TPSA) is 52.6 Å². The summed E-state index contributed by atoms with van der Waals surface area (Å²) in [7, 11) is 2.59. The molecule has 0 spiro atoms. The van der Waals surface area contributed by atoms with E-state index in [0.717, 1.165) is 0 Å². The van der Waals surface area contributed by atoms with E-state index in [-0.39, 0.29) is 10.9 Å². The maximum absolute atomic E-state index is 11.2. The third kappa shape index (κ3) is 4.91. The molecule has 0 aromatic carbocycles. The monoisotopic (exact) mass is 219 g/mol. The van der Waals surface area contributed by atoms with Crippen LogP contribution in [0.15, 0.2) is 11.6 Å². The van der Waals surface area contributed by atoms with Crippen molar-refractivity contribution in [3.63, 3.8) is 0 Å². The lowest BCUT2D eigenvalue weighted by Crippen LogP contribution is -2.16. The Morgan fingerprint density at radius 1 is 1.21 bits per heavy atom. The van der Waals surface area contributed by atoms with Crippen molar-refractivity contribution < 1.29 is 19.1 Å². The standard InChI is InChI=1S/C9H15O4S/c1-12-8(10)5-7(6-14(3)4)9(11)13-2/h5H,6H2,1-4H3/q+1/b7-5+. The molecule has 0 aromatic heterocycles. The summed E-state index contributed by atoms with van der Waals surface area (Å²) in [6.07, 6.45) is 5.14. The number of carbonyl (C=O) groups is 2. The first-order valence-electron chi connectivity index (χ1n) is 3.92. The molecule has 0 aliphatic heterocycles. The van der Waals surface area contributed by atoms with Crippen molar-refractivity contribution >= 4 is 22.8 Å². The average molecular weight is 219 g/mol. The Labute approximate surface area is 86.6 Å². The molecular formula is C9H15O4S+. The van der Waals surface area contributed by atoms with Gasteiger partial charge in [0.1, 0.15) is 5.75 Å². The van der Waals surface area contributed by atoms with E-state index >= 15 is 0 Å². The molecule has 5 heteroatoms. The van der Waals surface area contributed by atoms with Crippen LogP contribution < -0.4 is 0 Å². The molecule has 0 unspecified atom stereocenters. The first-order chi connectivity index (χ1) is 6.51. The minimum atomic E-state index is -0.532. The van der Waals surface area contributed by atoms with E-state index in [9.17, 15) is 9.59 Å². The van der Waals surface area contributed by atoms with Crippen LogP contribution in [-0.4, -0.2) is 44.4 Å². The molecule has 0 N–H and O–H groups in total. The number of ether oxygens (including phenoxy) is 2. The highest BCUT2D eigenvalue weighted by atomic mass is 32.2. The van der Waals surface area contributed by atoms with Gasteiger partial charge in [-0.2, -0.15) is 0 Å². The smallest absolute Gasteiger partial charge is 0.338 e. The Hall–Kier alpha value is -0.970. The second kappa shape index (κ2) is 6.48. The minimum absolute atomic E-state index is 0.0369. The SMILES string of the molecule is COC(=O)/C=C(\C[S+](C)C)C(=O)OC. The van der Waals surface area contributed by atoms with Crippen molar-refractivity contribution in [1.29, 1.82) is 0 Å². The molecule has 0 fully saturated rings. The molecule has 0 rings (SSSR count). The molecule has 0 aliphatic carbocycles. The summed E-state index contributed by atoms with van der Waals surface area (Å²) >= 11 is 0. The summed E-state index contributed by atoms with van der Waals surface area (Å²) in [4.78, 5) is 22.1. The van der Waals surface area contributed by atoms with E-state index in [0.29, 0.717) is 11.3 Å². The summed E-state index contributed by atoms with van der Waals surface area (Å²) in [5.41, 5.74) is 0.354. The molecule has 0 radical (unpaired) electrons. The number of esters is 2. The summed E-state index contributed by atoms with van der Waals surface area (Å²) in [5.74, 6) is -0.477. The lowest BCUT2D eigenvalue weighted by Gasteiger charge is -2.02. The highest BCUT2D eigenvalue weighted by molar-refractivity contribution is 7.95. The first kappa shape index (κ1) is 13.0. The van der Waals surface area contributed by atoms with Crippen LogP contribution in [0.25, 0.3) is 0 Å². The third-order valence-electron chi connectivity index (χ3n) is 1.39. The molecule has 0 bridgehead atoms. The lowest BCUT2D eigenvalue weighted by atomic mass is 10.3. The molecule has 0 amide bonds. The summed E-state index contributed by atoms with van der Waals surface area (Å²) in [5, 5.41) is 0. The van der Waals surface area contributed by atoms with Crippen LogP contribution in [0.3, 0.4) is 0 Å². The van der Waals surface area contributed by atoms with Gasteiger partial charge in [0, 0.05) is 6.08 Å². The van der Waals surface area contributed by atoms with Gasteiger partial charge in [-0.25, -0.2) is 9.59 Å². The Morgan fingerprint density at radius 3 is 2.14 bits per heavy atom. The highest BCUT2D eigenvalue weighted by Crippen LogP contribution is 2.03. The van der Waals surface area contributed by atoms with Crippen molar-refractivity contribution in [3.05, 3.63) is 11.6 Å². The van der Waals surface area contributed by atoms with E-state index in [4.69, 9.17) is 0 Å². The molecule has 4 nitrogen and oxygen atoms in total. The molecule has 80 valence electrons. The number of hydrogen-bond acceptors (Lipinski definition) is 4. The minimum Gasteiger partial charge on any atom is -0.466 e. The van der Waals surface area contributed by atoms with Crippen LogP contribution in [0.5, 0.6) is 0 Å². The molecular weight excluding hydrogens is 204 g/mol. The van der Waals surface area contributed by atoms with Crippen molar-refractivity contribution in [2.24, 2.45) is 0 Å². The maximum Gasteiger partial charge on any atom is 0.338 e. The zero-order chi connectivity index (χ0) is 11.1. The van der Waals surface area contributed by atoms with E-state index in [1.165, 1.54) is 20.3 Å². The van der Waals surface area contributed by atoms with Crippen molar-refractivity contribution in [1.82, 2.24) is 0 Å². The van der Waals surface area contributed by atoms with Crippen LogP contribution in [-0.2, 0) is 30.0 Å². The van der Waals surface area contributed by atoms with Crippen LogP contribution in [0.1, 0.15) is 0 Å². The Balaban J connectivity index is 4.62. The number of hydrogen-bond donors (Lipinski definition) is 0. The van der Waals surface area contributed by atoms with Gasteiger partial charge in [-0.3, -0.25) is 0 Å². The van der Waals surface area contributed by atoms with E-state index < -0.39 is 11.9 Å². The molecule has 14 heavy (non-hydrogen) atoms. The normalized spacial score (nSPS) is 11.4. The van der Waals surface area contributed by atoms with Gasteiger partial charge in [0.25, 0.3) is 0 Å². The molecule has 0 aliphatic rings. The van der Waals surface area contributed by atoms with E-state index in [1.807, 2.05) is 12.5 Å². The molecule has 0 heterocycles. The van der Waals surface area contributed by atoms with Gasteiger partial charge in [0.15, 0.2) is 0 Å². The zero-order valence-corrected chi connectivity index (χ0v) is 9.64. The maximum atomic E-state index is 11.2. The number of carbonyl (C=O) groups excluding carboxylic acids is 2. The summed E-state index contributed by atoms with van der Waals surface area (Å²) in [6, 6.07) is 0. The highest BCUT2D eigenvalue weighted by Gasteiger charge is 2.18. The van der Waals surface area contributed by atoms with Crippen LogP contribution in [0.4, 0.5) is 0 Å². The van der Waals surface area contributed by atoms with Gasteiger partial charge in [-0.15, -0.1) is 0 Å². The molecule has 0 saturated heterocycles. The van der Waals surface area contributed by atoms with Gasteiger partial charge in [-0.1, -0.05) is 0 Å². The fraction of sp³-hybridized carbons (Fsp3) is 0.556. The molecule has 0 atom stereocenters. The number of methoxy groups -OCH3 is 2. The van der Waals surface area contributed by atoms with Crippen molar-refractivity contribution in [3.8, 4) is 0 Å². The Bertz CT molecular complexity index is 245. The largest absolute Gasteiger partial charge is 0.466 e. The number of rotatable bonds is 4. The Kier molecular flexibility index (Phi) is 6.03. The van der Waals surface area contributed by atoms with Crippen LogP contribution >= 0.6 is 0 Å². The zero-order valence-electron chi connectivity index (χ0n) is 8.83. The summed E-state index contributed by atoms with van der Waals surface area (Å²) in [6.45, 7) is 0. The quantitative estimate of drug-likeness (QED) is 0.383. The van der Waals surface area contributed by atoms with Crippen LogP contribution in [0.2, 0.25) is 0 Å². The lowest BCUT2D eigenvalue weighted by molar-refractivity contribution is -0.138. The van der Waals surface area contributed by atoms with Gasteiger partial charge < -0.3 is 9.47 Å². The third-order valence-corrected chi connectivity index (χ3v) is 2.27. The fourth-order valence-corrected chi connectivity index (χ4v) is 1.63. The predicted molar refractivity (Wildman–Crippen MR) is 56.2 cm³/mol. The van der Waals surface area contributed by atoms with E-state index in [1.54, 1.807) is 0 Å². The Morgan fingerprint density at radius 2 is 1.79 bits per heavy atom. The molecule has 0 aromatic rings. The second-order valence-electron chi connectivity index (χ2n) is 2.81. The van der Waals surface area contributed by atoms with E-state index in [2.05, 4.69) is 9.47 Å². The second-order valence-corrected chi connectivity index (χ2v) is 5.07.